The van der Waals surface area contributed by atoms with Gasteiger partial charge in [-0.05, 0) is 122 Å². The van der Waals surface area contributed by atoms with E-state index in [0.29, 0.717) is 12.0 Å². The van der Waals surface area contributed by atoms with Crippen molar-refractivity contribution in [1.29, 1.82) is 0 Å². The minimum Gasteiger partial charge on any atom is -0.382 e. The number of anilines is 1. The second kappa shape index (κ2) is 11.1. The molecule has 0 amide bonds. The monoisotopic (exact) mass is 483 g/mol. The van der Waals surface area contributed by atoms with Gasteiger partial charge in [0.05, 0.1) is 0 Å². The Hall–Kier alpha value is -2.06. The summed E-state index contributed by atoms with van der Waals surface area (Å²) < 4.78 is 5.55. The minimum absolute atomic E-state index is 0.622. The van der Waals surface area contributed by atoms with E-state index < -0.39 is 0 Å². The molecule has 0 spiro atoms. The number of benzene rings is 2. The van der Waals surface area contributed by atoms with Crippen LogP contribution in [0.4, 0.5) is 5.69 Å². The molecule has 1 heterocycles. The summed E-state index contributed by atoms with van der Waals surface area (Å²) >= 11 is 0. The molecule has 3 fully saturated rings. The SMILES string of the molecule is CC1CCC(Nc2cc(Cc3ccc(CC4CCOCC4)cc3)c3c(c2)C(C2CCCC2)C=C3)CC1. The highest BCUT2D eigenvalue weighted by Crippen LogP contribution is 2.45. The molecule has 2 aromatic rings. The molecule has 4 aliphatic rings. The highest BCUT2D eigenvalue weighted by molar-refractivity contribution is 5.71. The van der Waals surface area contributed by atoms with Crippen molar-refractivity contribution in [3.05, 3.63) is 70.3 Å². The van der Waals surface area contributed by atoms with E-state index in [-0.39, 0.29) is 0 Å². The predicted octanol–water partition coefficient (Wildman–Crippen LogP) is 8.54. The Morgan fingerprint density at radius 1 is 0.833 bits per heavy atom. The number of allylic oxidation sites excluding steroid dienone is 1. The van der Waals surface area contributed by atoms with Gasteiger partial charge in [0.1, 0.15) is 0 Å². The smallest absolute Gasteiger partial charge is 0.0468 e. The van der Waals surface area contributed by atoms with Gasteiger partial charge in [-0.3, -0.25) is 0 Å². The maximum atomic E-state index is 5.55. The highest BCUT2D eigenvalue weighted by atomic mass is 16.5. The molecular weight excluding hydrogens is 438 g/mol. The molecule has 6 rings (SSSR count). The first-order valence-corrected chi connectivity index (χ1v) is 15.0. The first-order chi connectivity index (χ1) is 17.7. The summed E-state index contributed by atoms with van der Waals surface area (Å²) in [6.07, 6.45) is 20.6. The Labute approximate surface area is 218 Å². The van der Waals surface area contributed by atoms with Gasteiger partial charge in [-0.2, -0.15) is 0 Å². The summed E-state index contributed by atoms with van der Waals surface area (Å²) in [5.41, 5.74) is 8.91. The fraction of sp³-hybridized carbons (Fsp3) is 0.588. The van der Waals surface area contributed by atoms with Crippen LogP contribution >= 0.6 is 0 Å². The predicted molar refractivity (Wildman–Crippen MR) is 152 cm³/mol. The molecule has 0 bridgehead atoms. The molecule has 0 aromatic heterocycles. The van der Waals surface area contributed by atoms with Gasteiger partial charge in [0.25, 0.3) is 0 Å². The Morgan fingerprint density at radius 2 is 1.56 bits per heavy atom. The van der Waals surface area contributed by atoms with E-state index in [1.165, 1.54) is 98.6 Å². The number of fused-ring (bicyclic) bond motifs is 1. The number of ether oxygens (including phenoxy) is 1. The summed E-state index contributed by atoms with van der Waals surface area (Å²) in [6, 6.07) is 15.2. The average Bonchev–Trinajstić information content (AvgIpc) is 3.58. The van der Waals surface area contributed by atoms with Gasteiger partial charge in [0.2, 0.25) is 0 Å². The Bertz CT molecular complexity index is 1030. The lowest BCUT2D eigenvalue weighted by atomic mass is 9.84. The fourth-order valence-electron chi connectivity index (χ4n) is 7.41. The van der Waals surface area contributed by atoms with E-state index in [1.807, 2.05) is 0 Å². The normalized spacial score (nSPS) is 26.9. The standard InChI is InChI=1S/C34H45NO/c1-24-6-12-30(13-7-24)35-31-22-29(33-15-14-32(34(33)23-31)28-4-2-3-5-28)21-26-10-8-25(9-11-26)20-27-16-18-36-19-17-27/h8-11,14-15,22-24,27-28,30,32,35H,2-7,12-13,16-21H2,1H3. The lowest BCUT2D eigenvalue weighted by molar-refractivity contribution is 0.0665. The van der Waals surface area contributed by atoms with E-state index in [9.17, 15) is 0 Å². The van der Waals surface area contributed by atoms with Crippen LogP contribution in [0.1, 0.15) is 105 Å². The average molecular weight is 484 g/mol. The van der Waals surface area contributed by atoms with E-state index in [2.05, 4.69) is 60.8 Å². The van der Waals surface area contributed by atoms with Gasteiger partial charge in [-0.25, -0.2) is 0 Å². The molecular formula is C34H45NO. The van der Waals surface area contributed by atoms with E-state index in [1.54, 1.807) is 5.56 Å². The van der Waals surface area contributed by atoms with Crippen molar-refractivity contribution in [2.24, 2.45) is 17.8 Å². The fourth-order valence-corrected chi connectivity index (χ4v) is 7.41. The largest absolute Gasteiger partial charge is 0.382 e. The van der Waals surface area contributed by atoms with Crippen LogP contribution in [0.2, 0.25) is 0 Å². The van der Waals surface area contributed by atoms with Crippen molar-refractivity contribution in [1.82, 2.24) is 0 Å². The zero-order chi connectivity index (χ0) is 24.3. The Morgan fingerprint density at radius 3 is 2.31 bits per heavy atom. The van der Waals surface area contributed by atoms with Crippen molar-refractivity contribution in [3.8, 4) is 0 Å². The molecule has 192 valence electrons. The zero-order valence-corrected chi connectivity index (χ0v) is 22.3. The van der Waals surface area contributed by atoms with Gasteiger partial charge >= 0.3 is 0 Å². The van der Waals surface area contributed by atoms with Crippen molar-refractivity contribution in [3.63, 3.8) is 0 Å². The minimum atomic E-state index is 0.622. The topological polar surface area (TPSA) is 21.3 Å². The molecule has 3 aliphatic carbocycles. The summed E-state index contributed by atoms with van der Waals surface area (Å²) in [4.78, 5) is 0. The second-order valence-electron chi connectivity index (χ2n) is 12.4. The van der Waals surface area contributed by atoms with Crippen molar-refractivity contribution < 1.29 is 4.74 Å². The van der Waals surface area contributed by atoms with Crippen molar-refractivity contribution >= 4 is 11.8 Å². The molecule has 0 radical (unpaired) electrons. The van der Waals surface area contributed by atoms with Gasteiger partial charge in [-0.15, -0.1) is 0 Å². The first kappa shape index (κ1) is 24.3. The third kappa shape index (κ3) is 5.59. The second-order valence-corrected chi connectivity index (χ2v) is 12.4. The summed E-state index contributed by atoms with van der Waals surface area (Å²) in [5, 5.41) is 3.99. The van der Waals surface area contributed by atoms with E-state index in [4.69, 9.17) is 4.74 Å². The molecule has 1 atom stereocenters. The third-order valence-electron chi connectivity index (χ3n) is 9.70. The van der Waals surface area contributed by atoms with Gasteiger partial charge in [0.15, 0.2) is 0 Å². The molecule has 1 unspecified atom stereocenters. The van der Waals surface area contributed by atoms with Crippen LogP contribution in [0.3, 0.4) is 0 Å². The summed E-state index contributed by atoms with van der Waals surface area (Å²) in [7, 11) is 0. The van der Waals surface area contributed by atoms with Crippen LogP contribution in [0, 0.1) is 17.8 Å². The van der Waals surface area contributed by atoms with Crippen LogP contribution in [0.15, 0.2) is 42.5 Å². The molecule has 36 heavy (non-hydrogen) atoms. The number of hydrogen-bond acceptors (Lipinski definition) is 2. The van der Waals surface area contributed by atoms with Gasteiger partial charge in [-0.1, -0.05) is 56.2 Å². The van der Waals surface area contributed by atoms with Crippen LogP contribution < -0.4 is 5.32 Å². The lowest BCUT2D eigenvalue weighted by Crippen LogP contribution is -2.25. The number of nitrogens with one attached hydrogen (secondary N) is 1. The summed E-state index contributed by atoms with van der Waals surface area (Å²) in [6.45, 7) is 4.29. The Kier molecular flexibility index (Phi) is 7.51. The number of rotatable bonds is 7. The van der Waals surface area contributed by atoms with Crippen LogP contribution in [-0.4, -0.2) is 19.3 Å². The molecule has 2 aromatic carbocycles. The lowest BCUT2D eigenvalue weighted by Gasteiger charge is -2.29. The molecule has 1 N–H and O–H groups in total. The van der Waals surface area contributed by atoms with E-state index >= 15 is 0 Å². The molecule has 2 heteroatoms. The molecule has 2 saturated carbocycles. The molecule has 1 aliphatic heterocycles. The maximum absolute atomic E-state index is 5.55. The van der Waals surface area contributed by atoms with Crippen LogP contribution in [-0.2, 0) is 17.6 Å². The highest BCUT2D eigenvalue weighted by Gasteiger charge is 2.30. The van der Waals surface area contributed by atoms with Crippen LogP contribution in [0.25, 0.3) is 6.08 Å². The first-order valence-electron chi connectivity index (χ1n) is 15.0. The van der Waals surface area contributed by atoms with Crippen molar-refractivity contribution in [2.75, 3.05) is 18.5 Å². The zero-order valence-electron chi connectivity index (χ0n) is 22.3. The third-order valence-corrected chi connectivity index (χ3v) is 9.70. The van der Waals surface area contributed by atoms with Gasteiger partial charge < -0.3 is 10.1 Å². The van der Waals surface area contributed by atoms with Crippen molar-refractivity contribution in [2.45, 2.75) is 95.9 Å². The Balaban J connectivity index is 1.22. The maximum Gasteiger partial charge on any atom is 0.0468 e. The quantitative estimate of drug-likeness (QED) is 0.426. The van der Waals surface area contributed by atoms with Gasteiger partial charge in [0, 0.05) is 30.9 Å². The number of hydrogen-bond donors (Lipinski definition) is 1. The summed E-state index contributed by atoms with van der Waals surface area (Å²) in [5.74, 6) is 3.14. The molecule has 2 nitrogen and oxygen atoms in total. The van der Waals surface area contributed by atoms with Crippen LogP contribution in [0.5, 0.6) is 0 Å². The van der Waals surface area contributed by atoms with E-state index in [0.717, 1.165) is 37.4 Å². The molecule has 1 saturated heterocycles.